The first-order valence-corrected chi connectivity index (χ1v) is 17.0. The van der Waals surface area contributed by atoms with Crippen molar-refractivity contribution >= 4 is 62.3 Å². The molecule has 0 heterocycles. The zero-order valence-corrected chi connectivity index (χ0v) is 28.0. The van der Waals surface area contributed by atoms with E-state index in [0.29, 0.717) is 28.6 Å². The molecule has 2 amide bonds. The zero-order chi connectivity index (χ0) is 32.6. The van der Waals surface area contributed by atoms with Crippen molar-refractivity contribution in [2.24, 2.45) is 0 Å². The maximum Gasteiger partial charge on any atom is 0.264 e. The minimum Gasteiger partial charge on any atom is -0.354 e. The monoisotopic (exact) mass is 685 g/mol. The molecule has 0 fully saturated rings. The second kappa shape index (κ2) is 15.6. The molecule has 11 heteroatoms. The van der Waals surface area contributed by atoms with Crippen LogP contribution in [0, 0.1) is 6.92 Å². The molecule has 7 nitrogen and oxygen atoms in total. The van der Waals surface area contributed by atoms with Crippen molar-refractivity contribution in [3.8, 4) is 0 Å². The van der Waals surface area contributed by atoms with Gasteiger partial charge in [0.1, 0.15) is 12.6 Å². The van der Waals surface area contributed by atoms with Gasteiger partial charge in [-0.15, -0.1) is 0 Å². The van der Waals surface area contributed by atoms with E-state index in [1.807, 2.05) is 44.2 Å². The van der Waals surface area contributed by atoms with Gasteiger partial charge in [-0.3, -0.25) is 13.9 Å². The van der Waals surface area contributed by atoms with Crippen LogP contribution in [0.25, 0.3) is 0 Å². The molecule has 0 bridgehead atoms. The van der Waals surface area contributed by atoms with E-state index in [1.54, 1.807) is 48.5 Å². The van der Waals surface area contributed by atoms with E-state index in [1.165, 1.54) is 23.1 Å². The van der Waals surface area contributed by atoms with Gasteiger partial charge in [-0.05, 0) is 55.3 Å². The third kappa shape index (κ3) is 8.58. The summed E-state index contributed by atoms with van der Waals surface area (Å²) in [5, 5.41) is 3.67. The summed E-state index contributed by atoms with van der Waals surface area (Å²) in [5.74, 6) is -1.03. The largest absolute Gasteiger partial charge is 0.354 e. The summed E-state index contributed by atoms with van der Waals surface area (Å²) in [6.45, 7) is 3.38. The number of carbonyl (C=O) groups is 2. The Bertz CT molecular complexity index is 1720. The number of nitrogens with zero attached hydrogens (tertiary/aromatic N) is 2. The predicted molar refractivity (Wildman–Crippen MR) is 181 cm³/mol. The van der Waals surface area contributed by atoms with Crippen molar-refractivity contribution in [2.45, 2.75) is 44.2 Å². The molecule has 0 saturated heterocycles. The SMILES string of the molecule is CCCNC(=O)[C@@H](Cc1ccccc1)N(Cc1c(Cl)cccc1Cl)C(=O)CN(c1ccccc1Cl)S(=O)(=O)c1ccc(C)cc1. The van der Waals surface area contributed by atoms with Gasteiger partial charge >= 0.3 is 0 Å². The molecule has 0 saturated carbocycles. The van der Waals surface area contributed by atoms with Crippen molar-refractivity contribution in [2.75, 3.05) is 17.4 Å². The van der Waals surface area contributed by atoms with E-state index in [2.05, 4.69) is 5.32 Å². The molecule has 1 N–H and O–H groups in total. The zero-order valence-electron chi connectivity index (χ0n) is 24.9. The van der Waals surface area contributed by atoms with E-state index < -0.39 is 28.5 Å². The Morgan fingerprint density at radius 1 is 0.800 bits per heavy atom. The minimum absolute atomic E-state index is 0.0111. The minimum atomic E-state index is -4.28. The fourth-order valence-electron chi connectivity index (χ4n) is 4.78. The molecule has 0 aromatic heterocycles. The van der Waals surface area contributed by atoms with Crippen molar-refractivity contribution < 1.29 is 18.0 Å². The predicted octanol–water partition coefficient (Wildman–Crippen LogP) is 7.32. The first kappa shape index (κ1) is 34.3. The second-order valence-corrected chi connectivity index (χ2v) is 13.6. The molecule has 0 spiro atoms. The molecule has 1 atom stereocenters. The standard InChI is InChI=1S/C34H34Cl3N3O4S/c1-3-20-38-34(42)32(21-25-10-5-4-6-11-25)39(22-27-28(35)13-9-14-29(27)36)33(41)23-40(31-15-8-7-12-30(31)37)45(43,44)26-18-16-24(2)17-19-26/h4-19,32H,3,20-23H2,1-2H3,(H,38,42)/t32-/m1/s1. The highest BCUT2D eigenvalue weighted by Gasteiger charge is 2.35. The molecule has 0 aliphatic heterocycles. The molecular weight excluding hydrogens is 653 g/mol. The lowest BCUT2D eigenvalue weighted by Crippen LogP contribution is -2.53. The highest BCUT2D eigenvalue weighted by Crippen LogP contribution is 2.32. The van der Waals surface area contributed by atoms with Crippen LogP contribution in [0.3, 0.4) is 0 Å². The van der Waals surface area contributed by atoms with Crippen molar-refractivity contribution in [1.82, 2.24) is 10.2 Å². The van der Waals surface area contributed by atoms with Gasteiger partial charge in [-0.2, -0.15) is 0 Å². The van der Waals surface area contributed by atoms with Crippen LogP contribution in [-0.2, 0) is 32.6 Å². The quantitative estimate of drug-likeness (QED) is 0.160. The van der Waals surface area contributed by atoms with Gasteiger partial charge in [0, 0.05) is 35.1 Å². The summed E-state index contributed by atoms with van der Waals surface area (Å²) in [6, 6.07) is 26.0. The molecule has 236 valence electrons. The first-order chi connectivity index (χ1) is 21.5. The van der Waals surface area contributed by atoms with Crippen LogP contribution in [0.15, 0.2) is 102 Å². The second-order valence-electron chi connectivity index (χ2n) is 10.5. The van der Waals surface area contributed by atoms with Gasteiger partial charge < -0.3 is 10.2 Å². The topological polar surface area (TPSA) is 86.8 Å². The average Bonchev–Trinajstić information content (AvgIpc) is 3.02. The Kier molecular flexibility index (Phi) is 11.9. The maximum absolute atomic E-state index is 14.5. The summed E-state index contributed by atoms with van der Waals surface area (Å²) in [4.78, 5) is 29.6. The molecule has 4 aromatic rings. The number of halogens is 3. The molecule has 0 radical (unpaired) electrons. The van der Waals surface area contributed by atoms with E-state index in [-0.39, 0.29) is 34.5 Å². The smallest absolute Gasteiger partial charge is 0.264 e. The Labute approximate surface area is 279 Å². The lowest BCUT2D eigenvalue weighted by Gasteiger charge is -2.34. The van der Waals surface area contributed by atoms with Crippen LogP contribution < -0.4 is 9.62 Å². The van der Waals surface area contributed by atoms with Crippen LogP contribution in [0.1, 0.15) is 30.0 Å². The van der Waals surface area contributed by atoms with Crippen LogP contribution in [0.5, 0.6) is 0 Å². The number of carbonyl (C=O) groups excluding carboxylic acids is 2. The summed E-state index contributed by atoms with van der Waals surface area (Å²) >= 11 is 19.6. The Morgan fingerprint density at radius 2 is 1.40 bits per heavy atom. The molecule has 45 heavy (non-hydrogen) atoms. The molecule has 0 unspecified atom stereocenters. The first-order valence-electron chi connectivity index (χ1n) is 14.4. The van der Waals surface area contributed by atoms with E-state index >= 15 is 0 Å². The van der Waals surface area contributed by atoms with E-state index in [4.69, 9.17) is 34.8 Å². The molecule has 0 aliphatic rings. The number of hydrogen-bond acceptors (Lipinski definition) is 4. The number of sulfonamides is 1. The fourth-order valence-corrected chi connectivity index (χ4v) is 7.02. The number of anilines is 1. The third-order valence-electron chi connectivity index (χ3n) is 7.22. The highest BCUT2D eigenvalue weighted by molar-refractivity contribution is 7.92. The van der Waals surface area contributed by atoms with Gasteiger partial charge in [0.2, 0.25) is 11.8 Å². The fraction of sp³-hybridized carbons (Fsp3) is 0.235. The van der Waals surface area contributed by atoms with Gasteiger partial charge in [-0.25, -0.2) is 8.42 Å². The van der Waals surface area contributed by atoms with Crippen LogP contribution >= 0.6 is 34.8 Å². The Hall–Kier alpha value is -3.56. The summed E-state index contributed by atoms with van der Waals surface area (Å²) in [5.41, 5.74) is 2.24. The van der Waals surface area contributed by atoms with E-state index in [9.17, 15) is 18.0 Å². The van der Waals surface area contributed by atoms with Gasteiger partial charge in [0.25, 0.3) is 10.0 Å². The van der Waals surface area contributed by atoms with Gasteiger partial charge in [0.15, 0.2) is 0 Å². The van der Waals surface area contributed by atoms with Crippen LogP contribution in [0.4, 0.5) is 5.69 Å². The molecular formula is C34H34Cl3N3O4S. The lowest BCUT2D eigenvalue weighted by atomic mass is 10.0. The summed E-state index contributed by atoms with van der Waals surface area (Å²) in [6.07, 6.45) is 0.851. The Morgan fingerprint density at radius 3 is 2.02 bits per heavy atom. The average molecular weight is 687 g/mol. The number of aryl methyl sites for hydroxylation is 1. The molecule has 0 aliphatic carbocycles. The van der Waals surface area contributed by atoms with Crippen molar-refractivity contribution in [3.05, 3.63) is 129 Å². The van der Waals surface area contributed by atoms with Gasteiger partial charge in [0.05, 0.1) is 15.6 Å². The lowest BCUT2D eigenvalue weighted by molar-refractivity contribution is -0.140. The van der Waals surface area contributed by atoms with Crippen LogP contribution in [-0.4, -0.2) is 44.3 Å². The van der Waals surface area contributed by atoms with Crippen molar-refractivity contribution in [1.29, 1.82) is 0 Å². The maximum atomic E-state index is 14.5. The Balaban J connectivity index is 1.84. The number of benzene rings is 4. The van der Waals surface area contributed by atoms with Gasteiger partial charge in [-0.1, -0.05) is 108 Å². The number of para-hydroxylation sites is 1. The third-order valence-corrected chi connectivity index (χ3v) is 10.0. The normalized spacial score (nSPS) is 11.9. The number of nitrogens with one attached hydrogen (secondary N) is 1. The molecule has 4 rings (SSSR count). The summed E-state index contributed by atoms with van der Waals surface area (Å²) in [7, 11) is -4.28. The highest BCUT2D eigenvalue weighted by atomic mass is 35.5. The van der Waals surface area contributed by atoms with E-state index in [0.717, 1.165) is 15.4 Å². The summed E-state index contributed by atoms with van der Waals surface area (Å²) < 4.78 is 29.2. The van der Waals surface area contributed by atoms with Crippen LogP contribution in [0.2, 0.25) is 15.1 Å². The molecule has 4 aromatic carbocycles. The number of amides is 2. The van der Waals surface area contributed by atoms with Crippen molar-refractivity contribution in [3.63, 3.8) is 0 Å². The number of hydrogen-bond donors (Lipinski definition) is 1. The number of rotatable bonds is 13.